The van der Waals surface area contributed by atoms with Gasteiger partial charge in [-0.3, -0.25) is 4.79 Å². The number of rotatable bonds is 4. The number of nitrogens with one attached hydrogen (secondary N) is 1. The number of aromatic nitrogens is 2. The Kier molecular flexibility index (Phi) is 5.08. The summed E-state index contributed by atoms with van der Waals surface area (Å²) in [5, 5.41) is 3.40. The summed E-state index contributed by atoms with van der Waals surface area (Å²) in [5.41, 5.74) is 2.07. The topological polar surface area (TPSA) is 58.1 Å². The number of amides is 1. The molecule has 0 unspecified atom stereocenters. The molecule has 0 atom stereocenters. The Labute approximate surface area is 143 Å². The lowest BCUT2D eigenvalue weighted by Gasteiger charge is -2.23. The number of carbonyl (C=O) groups excluding carboxylic acids is 1. The molecule has 1 aliphatic carbocycles. The fraction of sp³-hybridized carbons (Fsp3) is 0.421. The van der Waals surface area contributed by atoms with Crippen LogP contribution in [0.5, 0.6) is 0 Å². The first kappa shape index (κ1) is 16.4. The molecule has 5 heteroatoms. The van der Waals surface area contributed by atoms with Crippen molar-refractivity contribution < 1.29 is 4.79 Å². The molecule has 1 amide bonds. The SMILES string of the molecule is Cc1cc(C(=O)N(C)c2ccccc2)nc(NC2CCCCC2)n1. The van der Waals surface area contributed by atoms with Crippen LogP contribution in [0.1, 0.15) is 48.3 Å². The van der Waals surface area contributed by atoms with Gasteiger partial charge in [-0.2, -0.15) is 0 Å². The van der Waals surface area contributed by atoms with Gasteiger partial charge in [-0.25, -0.2) is 9.97 Å². The molecule has 126 valence electrons. The quantitative estimate of drug-likeness (QED) is 0.929. The van der Waals surface area contributed by atoms with E-state index in [0.717, 1.165) is 24.2 Å². The maximum absolute atomic E-state index is 12.7. The van der Waals surface area contributed by atoms with Crippen LogP contribution in [0, 0.1) is 6.92 Å². The molecule has 1 saturated carbocycles. The first-order chi connectivity index (χ1) is 11.6. The smallest absolute Gasteiger partial charge is 0.276 e. The van der Waals surface area contributed by atoms with E-state index in [1.54, 1.807) is 18.0 Å². The molecule has 3 rings (SSSR count). The van der Waals surface area contributed by atoms with E-state index in [-0.39, 0.29) is 5.91 Å². The number of carbonyl (C=O) groups is 1. The van der Waals surface area contributed by atoms with Crippen LogP contribution in [0.15, 0.2) is 36.4 Å². The Morgan fingerprint density at radius 2 is 1.83 bits per heavy atom. The molecular weight excluding hydrogens is 300 g/mol. The van der Waals surface area contributed by atoms with Crippen LogP contribution in [0.3, 0.4) is 0 Å². The van der Waals surface area contributed by atoms with Crippen LogP contribution in [0.25, 0.3) is 0 Å². The van der Waals surface area contributed by atoms with E-state index in [1.807, 2.05) is 37.3 Å². The van der Waals surface area contributed by atoms with Crippen molar-refractivity contribution in [2.75, 3.05) is 17.3 Å². The highest BCUT2D eigenvalue weighted by molar-refractivity contribution is 6.04. The maximum Gasteiger partial charge on any atom is 0.276 e. The molecule has 0 aliphatic heterocycles. The first-order valence-electron chi connectivity index (χ1n) is 8.59. The van der Waals surface area contributed by atoms with Gasteiger partial charge in [0.2, 0.25) is 5.95 Å². The van der Waals surface area contributed by atoms with Crippen molar-refractivity contribution in [1.29, 1.82) is 0 Å². The van der Waals surface area contributed by atoms with Gasteiger partial charge >= 0.3 is 0 Å². The number of para-hydroxylation sites is 1. The van der Waals surface area contributed by atoms with Gasteiger partial charge in [0.15, 0.2) is 0 Å². The normalized spacial score (nSPS) is 15.1. The molecule has 24 heavy (non-hydrogen) atoms. The van der Waals surface area contributed by atoms with Gasteiger partial charge in [0.05, 0.1) is 0 Å². The van der Waals surface area contributed by atoms with Crippen molar-refractivity contribution in [2.24, 2.45) is 0 Å². The van der Waals surface area contributed by atoms with Crippen molar-refractivity contribution >= 4 is 17.5 Å². The van der Waals surface area contributed by atoms with Gasteiger partial charge in [0, 0.05) is 24.5 Å². The predicted octanol–water partition coefficient (Wildman–Crippen LogP) is 3.81. The van der Waals surface area contributed by atoms with Crippen molar-refractivity contribution in [1.82, 2.24) is 9.97 Å². The van der Waals surface area contributed by atoms with Gasteiger partial charge in [-0.1, -0.05) is 37.5 Å². The summed E-state index contributed by atoms with van der Waals surface area (Å²) in [6.07, 6.45) is 6.07. The van der Waals surface area contributed by atoms with E-state index in [1.165, 1.54) is 19.3 Å². The Bertz CT molecular complexity index is 696. The van der Waals surface area contributed by atoms with Crippen LogP contribution in [-0.4, -0.2) is 29.0 Å². The lowest BCUT2D eigenvalue weighted by molar-refractivity contribution is 0.0988. The van der Waals surface area contributed by atoms with Gasteiger partial charge in [-0.05, 0) is 38.0 Å². The summed E-state index contributed by atoms with van der Waals surface area (Å²) < 4.78 is 0. The predicted molar refractivity (Wildman–Crippen MR) is 96.4 cm³/mol. The molecule has 1 fully saturated rings. The second kappa shape index (κ2) is 7.43. The minimum atomic E-state index is -0.126. The van der Waals surface area contributed by atoms with E-state index in [4.69, 9.17) is 0 Å². The molecule has 1 aromatic carbocycles. The lowest BCUT2D eigenvalue weighted by atomic mass is 9.96. The molecular formula is C19H24N4O. The fourth-order valence-electron chi connectivity index (χ4n) is 3.11. The molecule has 2 aromatic rings. The minimum Gasteiger partial charge on any atom is -0.351 e. The van der Waals surface area contributed by atoms with E-state index in [9.17, 15) is 4.79 Å². The van der Waals surface area contributed by atoms with Crippen LogP contribution < -0.4 is 10.2 Å². The van der Waals surface area contributed by atoms with Crippen molar-refractivity contribution in [3.63, 3.8) is 0 Å². The summed E-state index contributed by atoms with van der Waals surface area (Å²) in [6, 6.07) is 11.7. The van der Waals surface area contributed by atoms with Crippen molar-refractivity contribution in [3.8, 4) is 0 Å². The Morgan fingerprint density at radius 3 is 2.54 bits per heavy atom. The van der Waals surface area contributed by atoms with Crippen molar-refractivity contribution in [3.05, 3.63) is 47.8 Å². The number of benzene rings is 1. The summed E-state index contributed by atoms with van der Waals surface area (Å²) in [4.78, 5) is 23.3. The first-order valence-corrected chi connectivity index (χ1v) is 8.59. The summed E-state index contributed by atoms with van der Waals surface area (Å²) in [5.74, 6) is 0.435. The molecule has 0 saturated heterocycles. The van der Waals surface area contributed by atoms with E-state index in [2.05, 4.69) is 15.3 Å². The van der Waals surface area contributed by atoms with Gasteiger partial charge in [-0.15, -0.1) is 0 Å². The molecule has 1 aliphatic rings. The summed E-state index contributed by atoms with van der Waals surface area (Å²) >= 11 is 0. The van der Waals surface area contributed by atoms with Gasteiger partial charge in [0.1, 0.15) is 5.69 Å². The fourth-order valence-corrected chi connectivity index (χ4v) is 3.11. The third-order valence-corrected chi connectivity index (χ3v) is 4.46. The molecule has 5 nitrogen and oxygen atoms in total. The Morgan fingerprint density at radius 1 is 1.12 bits per heavy atom. The molecule has 1 N–H and O–H groups in total. The second-order valence-corrected chi connectivity index (χ2v) is 6.40. The average molecular weight is 324 g/mol. The number of anilines is 2. The largest absolute Gasteiger partial charge is 0.351 e. The third kappa shape index (κ3) is 3.91. The summed E-state index contributed by atoms with van der Waals surface area (Å²) in [6.45, 7) is 1.90. The Balaban J connectivity index is 1.78. The zero-order valence-electron chi connectivity index (χ0n) is 14.3. The molecule has 1 heterocycles. The van der Waals surface area contributed by atoms with E-state index in [0.29, 0.717) is 17.7 Å². The summed E-state index contributed by atoms with van der Waals surface area (Å²) in [7, 11) is 1.77. The highest BCUT2D eigenvalue weighted by Crippen LogP contribution is 2.21. The Hall–Kier alpha value is -2.43. The number of nitrogens with zero attached hydrogens (tertiary/aromatic N) is 3. The molecule has 0 spiro atoms. The number of hydrogen-bond donors (Lipinski definition) is 1. The van der Waals surface area contributed by atoms with Crippen LogP contribution in [0.4, 0.5) is 11.6 Å². The van der Waals surface area contributed by atoms with Gasteiger partial charge < -0.3 is 10.2 Å². The lowest BCUT2D eigenvalue weighted by Crippen LogP contribution is -2.28. The zero-order valence-corrected chi connectivity index (χ0v) is 14.3. The third-order valence-electron chi connectivity index (χ3n) is 4.46. The number of hydrogen-bond acceptors (Lipinski definition) is 4. The highest BCUT2D eigenvalue weighted by Gasteiger charge is 2.19. The monoisotopic (exact) mass is 324 g/mol. The number of aryl methyl sites for hydroxylation is 1. The van der Waals surface area contributed by atoms with Gasteiger partial charge in [0.25, 0.3) is 5.91 Å². The molecule has 0 radical (unpaired) electrons. The van der Waals surface area contributed by atoms with E-state index < -0.39 is 0 Å². The van der Waals surface area contributed by atoms with Crippen LogP contribution >= 0.6 is 0 Å². The van der Waals surface area contributed by atoms with E-state index >= 15 is 0 Å². The minimum absolute atomic E-state index is 0.126. The van der Waals surface area contributed by atoms with Crippen molar-refractivity contribution in [2.45, 2.75) is 45.1 Å². The van der Waals surface area contributed by atoms with Crippen LogP contribution in [0.2, 0.25) is 0 Å². The highest BCUT2D eigenvalue weighted by atomic mass is 16.2. The van der Waals surface area contributed by atoms with Crippen LogP contribution in [-0.2, 0) is 0 Å². The zero-order chi connectivity index (χ0) is 16.9. The maximum atomic E-state index is 12.7. The standard InChI is InChI=1S/C19H24N4O/c1-14-13-17(18(24)23(2)16-11-7-4-8-12-16)22-19(20-14)21-15-9-5-3-6-10-15/h4,7-8,11-13,15H,3,5-6,9-10H2,1-2H3,(H,20,21,22). The molecule has 1 aromatic heterocycles. The average Bonchev–Trinajstić information content (AvgIpc) is 2.61. The molecule has 0 bridgehead atoms. The second-order valence-electron chi connectivity index (χ2n) is 6.40.